The third kappa shape index (κ3) is 15.7. The van der Waals surface area contributed by atoms with Crippen molar-refractivity contribution in [2.75, 3.05) is 0 Å². The second-order valence-electron chi connectivity index (χ2n) is 37.8. The summed E-state index contributed by atoms with van der Waals surface area (Å²) in [6.07, 6.45) is 0. The first-order chi connectivity index (χ1) is 71.4. The molecule has 0 N–H and O–H groups in total. The van der Waals surface area contributed by atoms with Gasteiger partial charge in [0.05, 0.1) is 0 Å². The Balaban J connectivity index is 0.000000115. The van der Waals surface area contributed by atoms with Gasteiger partial charge in [-0.1, -0.05) is 534 Å². The highest BCUT2D eigenvalue weighted by Gasteiger charge is 2.25. The smallest absolute Gasteiger partial charge is 0.00201 e. The number of fused-ring (bicyclic) bond motifs is 12. The van der Waals surface area contributed by atoms with Crippen LogP contribution in [0.2, 0.25) is 0 Å². The van der Waals surface area contributed by atoms with Crippen LogP contribution in [-0.4, -0.2) is 0 Å². The van der Waals surface area contributed by atoms with Crippen molar-refractivity contribution >= 4 is 129 Å². The topological polar surface area (TPSA) is 0 Å². The molecule has 144 heavy (non-hydrogen) atoms. The van der Waals surface area contributed by atoms with Gasteiger partial charge in [0.15, 0.2) is 0 Å². The average Bonchev–Trinajstić information content (AvgIpc) is 0.732. The second-order valence-corrected chi connectivity index (χ2v) is 37.8. The first-order valence-electron chi connectivity index (χ1n) is 49.9. The summed E-state index contributed by atoms with van der Waals surface area (Å²) in [5, 5.41) is 30.4. The molecule has 0 atom stereocenters. The maximum absolute atomic E-state index is 2.43. The summed E-state index contributed by atoms with van der Waals surface area (Å²) in [5.74, 6) is 0. The quantitative estimate of drug-likeness (QED) is 0.101. The van der Waals surface area contributed by atoms with Gasteiger partial charge in [-0.2, -0.15) is 0 Å². The van der Waals surface area contributed by atoms with Gasteiger partial charge in [-0.05, 0) is 310 Å². The highest BCUT2D eigenvalue weighted by molar-refractivity contribution is 6.28. The van der Waals surface area contributed by atoms with Crippen molar-refractivity contribution in [1.82, 2.24) is 0 Å². The second kappa shape index (κ2) is 37.2. The Morgan fingerprint density at radius 1 is 0.0694 bits per heavy atom. The van der Waals surface area contributed by atoms with Gasteiger partial charge in [0, 0.05) is 0 Å². The van der Waals surface area contributed by atoms with Crippen molar-refractivity contribution < 1.29 is 0 Å². The van der Waals surface area contributed by atoms with Gasteiger partial charge in [-0.15, -0.1) is 0 Å². The van der Waals surface area contributed by atoms with Crippen molar-refractivity contribution in [2.24, 2.45) is 0 Å². The fourth-order valence-corrected chi connectivity index (χ4v) is 22.8. The Kier molecular flexibility index (Phi) is 22.1. The molecule has 670 valence electrons. The van der Waals surface area contributed by atoms with E-state index in [4.69, 9.17) is 0 Å². The molecule has 0 fully saturated rings. The molecule has 0 heteroatoms. The van der Waals surface area contributed by atoms with Crippen LogP contribution in [0.3, 0.4) is 0 Å². The zero-order valence-electron chi connectivity index (χ0n) is 79.3. The molecule has 0 amide bonds. The van der Waals surface area contributed by atoms with Crippen LogP contribution >= 0.6 is 0 Å². The standard InChI is InChI=1S/C64H42.2C40H26/c1-4-16-43(17-5-1)45-28-34-50(35-29-45)63-57-26-14-15-27-58(57)64(51-36-30-46(31-37-51)44-18-6-2-7-19-44)60-42-52(40-41-59(60)63)47-32-38-49(39-33-47)62-55-24-12-10-22-53(55)61(48-20-8-3-9-21-48)54-23-11-13-25-56(54)62;1-2-12-29(13-3-1)39-35-16-8-9-17-36(35)40(34-21-19-28-11-5-7-15-31(28)25-34)37-23-22-33(26-38(37)39)32-20-18-27-10-4-6-14-30(27)24-32;1-2-13-29(14-3-1)39-35-18-8-9-19-36(35)40(34-20-10-16-28-12-6-7-17-33(28)34)37-24-23-32(26-38(37)39)31-22-21-27-11-4-5-15-30(27)25-31/h1-42H;2*1-26H. The van der Waals surface area contributed by atoms with E-state index < -0.39 is 0 Å². The average molecular weight is 1820 g/mol. The predicted octanol–water partition coefficient (Wildman–Crippen LogP) is 40.6. The van der Waals surface area contributed by atoms with Crippen LogP contribution in [0.5, 0.6) is 0 Å². The van der Waals surface area contributed by atoms with Gasteiger partial charge in [-0.25, -0.2) is 0 Å². The number of hydrogen-bond acceptors (Lipinski definition) is 0. The molecule has 0 heterocycles. The normalized spacial score (nSPS) is 11.5. The van der Waals surface area contributed by atoms with E-state index >= 15 is 0 Å². The highest BCUT2D eigenvalue weighted by Crippen LogP contribution is 2.52. The third-order valence-corrected chi connectivity index (χ3v) is 29.5. The predicted molar refractivity (Wildman–Crippen MR) is 620 cm³/mol. The minimum atomic E-state index is 1.19. The van der Waals surface area contributed by atoms with E-state index in [1.165, 1.54) is 274 Å². The zero-order valence-corrected chi connectivity index (χ0v) is 79.3. The molecule has 28 aromatic carbocycles. The van der Waals surface area contributed by atoms with Gasteiger partial charge >= 0.3 is 0 Å². The van der Waals surface area contributed by atoms with Crippen LogP contribution < -0.4 is 0 Å². The summed E-state index contributed by atoms with van der Waals surface area (Å²) in [6, 6.07) is 209. The summed E-state index contributed by atoms with van der Waals surface area (Å²) in [4.78, 5) is 0. The SMILES string of the molecule is c1ccc(-c2c3ccccc3c(-c3ccc4ccccc4c3)c3ccc(-c4ccc5ccccc5c4)cc23)cc1.c1ccc(-c2c3ccccc3c(-c3cccc4ccccc34)c3ccc(-c4ccc5ccccc5c4)cc23)cc1.c1ccc(-c2ccc(-c3c4ccccc4c(-c4ccc(-c5ccccc5)cc4)c4cc(-c5ccc(-c6c7ccccc7c(-c7ccccc7)c7ccccc67)cc5)ccc34)cc2)cc1. The molecule has 0 aliphatic rings. The molecule has 0 bridgehead atoms. The van der Waals surface area contributed by atoms with Crippen LogP contribution in [0.15, 0.2) is 570 Å². The molecule has 0 saturated carbocycles. The first kappa shape index (κ1) is 85.7. The molecule has 0 saturated heterocycles. The van der Waals surface area contributed by atoms with Crippen molar-refractivity contribution in [3.8, 4) is 145 Å². The minimum Gasteiger partial charge on any atom is -0.0622 e. The summed E-state index contributed by atoms with van der Waals surface area (Å²) in [6.45, 7) is 0. The lowest BCUT2D eigenvalue weighted by atomic mass is 9.83. The van der Waals surface area contributed by atoms with Gasteiger partial charge < -0.3 is 0 Å². The largest absolute Gasteiger partial charge is 0.0622 e. The van der Waals surface area contributed by atoms with Gasteiger partial charge in [0.1, 0.15) is 0 Å². The molecule has 28 rings (SSSR count). The summed E-state index contributed by atoms with van der Waals surface area (Å²) < 4.78 is 0. The van der Waals surface area contributed by atoms with Crippen molar-refractivity contribution in [1.29, 1.82) is 0 Å². The summed E-state index contributed by atoms with van der Waals surface area (Å²) in [7, 11) is 0. The van der Waals surface area contributed by atoms with E-state index in [2.05, 4.69) is 570 Å². The van der Waals surface area contributed by atoms with E-state index in [0.717, 1.165) is 0 Å². The number of rotatable bonds is 13. The fourth-order valence-electron chi connectivity index (χ4n) is 22.8. The molecule has 0 radical (unpaired) electrons. The van der Waals surface area contributed by atoms with Crippen LogP contribution in [0.1, 0.15) is 0 Å². The molecular weight excluding hydrogens is 1730 g/mol. The molecular formula is C144H94. The number of benzene rings is 28. The van der Waals surface area contributed by atoms with E-state index in [0.29, 0.717) is 0 Å². The molecule has 0 spiro atoms. The lowest BCUT2D eigenvalue weighted by molar-refractivity contribution is 1.60. The van der Waals surface area contributed by atoms with Crippen LogP contribution in [0.25, 0.3) is 274 Å². The highest BCUT2D eigenvalue weighted by atomic mass is 14.3. The fraction of sp³-hybridized carbons (Fsp3) is 0. The molecule has 0 aliphatic carbocycles. The Labute approximate surface area is 837 Å². The number of hydrogen-bond donors (Lipinski definition) is 0. The molecule has 0 aromatic heterocycles. The monoisotopic (exact) mass is 1820 g/mol. The maximum Gasteiger partial charge on any atom is -0.00201 e. The Morgan fingerprint density at radius 3 is 0.569 bits per heavy atom. The van der Waals surface area contributed by atoms with E-state index in [-0.39, 0.29) is 0 Å². The van der Waals surface area contributed by atoms with Crippen LogP contribution in [0, 0.1) is 0 Å². The molecule has 0 unspecified atom stereocenters. The van der Waals surface area contributed by atoms with Crippen LogP contribution in [0.4, 0.5) is 0 Å². The van der Waals surface area contributed by atoms with Gasteiger partial charge in [0.2, 0.25) is 0 Å². The maximum atomic E-state index is 2.43. The molecule has 0 aliphatic heterocycles. The summed E-state index contributed by atoms with van der Waals surface area (Å²) in [5.41, 5.74) is 32.3. The molecule has 0 nitrogen and oxygen atoms in total. The minimum absolute atomic E-state index is 1.19. The third-order valence-electron chi connectivity index (χ3n) is 29.5. The van der Waals surface area contributed by atoms with Crippen molar-refractivity contribution in [3.63, 3.8) is 0 Å². The summed E-state index contributed by atoms with van der Waals surface area (Å²) >= 11 is 0. The lowest BCUT2D eigenvalue weighted by Gasteiger charge is -2.19. The first-order valence-corrected chi connectivity index (χ1v) is 49.9. The van der Waals surface area contributed by atoms with Crippen LogP contribution in [-0.2, 0) is 0 Å². The van der Waals surface area contributed by atoms with Crippen molar-refractivity contribution in [3.05, 3.63) is 570 Å². The Morgan fingerprint density at radius 2 is 0.243 bits per heavy atom. The van der Waals surface area contributed by atoms with Gasteiger partial charge in [-0.3, -0.25) is 0 Å². The van der Waals surface area contributed by atoms with Gasteiger partial charge in [0.25, 0.3) is 0 Å². The van der Waals surface area contributed by atoms with E-state index in [1.54, 1.807) is 0 Å². The van der Waals surface area contributed by atoms with E-state index in [1.807, 2.05) is 0 Å². The zero-order chi connectivity index (χ0) is 95.3. The Hall–Kier alpha value is -18.7. The van der Waals surface area contributed by atoms with Crippen molar-refractivity contribution in [2.45, 2.75) is 0 Å². The lowest BCUT2D eigenvalue weighted by Crippen LogP contribution is -1.92. The molecule has 28 aromatic rings. The Bertz CT molecular complexity index is 9740. The van der Waals surface area contributed by atoms with E-state index in [9.17, 15) is 0 Å².